The van der Waals surface area contributed by atoms with Crippen LogP contribution >= 0.6 is 11.8 Å². The zero-order valence-corrected chi connectivity index (χ0v) is 20.2. The van der Waals surface area contributed by atoms with E-state index in [0.29, 0.717) is 34.3 Å². The summed E-state index contributed by atoms with van der Waals surface area (Å²) in [7, 11) is 0. The van der Waals surface area contributed by atoms with Crippen molar-refractivity contribution < 1.29 is 14.0 Å². The number of carbonyl (C=O) groups is 2. The van der Waals surface area contributed by atoms with Crippen LogP contribution in [0.5, 0.6) is 0 Å². The number of amides is 2. The molecule has 35 heavy (non-hydrogen) atoms. The van der Waals surface area contributed by atoms with Crippen LogP contribution in [0.15, 0.2) is 44.8 Å². The van der Waals surface area contributed by atoms with E-state index in [1.165, 1.54) is 23.4 Å². The molecule has 3 aromatic rings. The number of carbonyl (C=O) groups excluding carboxylic acids is 2. The van der Waals surface area contributed by atoms with Gasteiger partial charge in [0.1, 0.15) is 11.4 Å². The zero-order chi connectivity index (χ0) is 24.5. The molecule has 2 aromatic heterocycles. The highest BCUT2D eigenvalue weighted by Gasteiger charge is 2.37. The average molecular weight is 496 g/mol. The molecule has 11 nitrogen and oxygen atoms in total. The molecule has 0 saturated carbocycles. The van der Waals surface area contributed by atoms with Gasteiger partial charge in [-0.15, -0.1) is 5.10 Å². The van der Waals surface area contributed by atoms with E-state index in [-0.39, 0.29) is 36.8 Å². The Balaban J connectivity index is 1.46. The van der Waals surface area contributed by atoms with E-state index in [4.69, 9.17) is 4.42 Å². The largest absolute Gasteiger partial charge is 0.437 e. The van der Waals surface area contributed by atoms with Crippen molar-refractivity contribution in [1.29, 1.82) is 0 Å². The van der Waals surface area contributed by atoms with Gasteiger partial charge in [-0.3, -0.25) is 9.59 Å². The summed E-state index contributed by atoms with van der Waals surface area (Å²) < 4.78 is 6.52. The van der Waals surface area contributed by atoms with E-state index in [0.717, 1.165) is 19.4 Å². The molecule has 5 rings (SSSR count). The van der Waals surface area contributed by atoms with E-state index in [1.807, 2.05) is 12.3 Å². The van der Waals surface area contributed by atoms with Gasteiger partial charge in [-0.05, 0) is 37.3 Å². The highest BCUT2D eigenvalue weighted by atomic mass is 32.2. The van der Waals surface area contributed by atoms with Crippen LogP contribution in [0, 0.1) is 0 Å². The third-order valence-corrected chi connectivity index (χ3v) is 6.72. The number of nitrogens with one attached hydrogen (secondary N) is 1. The van der Waals surface area contributed by atoms with Gasteiger partial charge in [0.2, 0.25) is 11.8 Å². The summed E-state index contributed by atoms with van der Waals surface area (Å²) in [4.78, 5) is 49.9. The summed E-state index contributed by atoms with van der Waals surface area (Å²) in [5.74, 6) is -0.119. The summed E-state index contributed by atoms with van der Waals surface area (Å²) in [5, 5.41) is 7.53. The van der Waals surface area contributed by atoms with Crippen molar-refractivity contribution in [1.82, 2.24) is 25.1 Å². The Morgan fingerprint density at radius 1 is 1.31 bits per heavy atom. The smallest absolute Gasteiger partial charge is 0.388 e. The first kappa shape index (κ1) is 23.1. The van der Waals surface area contributed by atoms with Crippen molar-refractivity contribution in [3.63, 3.8) is 0 Å². The highest BCUT2D eigenvalue weighted by molar-refractivity contribution is 7.98. The number of hydrogen-bond donors (Lipinski definition) is 1. The number of benzene rings is 1. The number of fused-ring (bicyclic) bond motifs is 3. The van der Waals surface area contributed by atoms with Crippen molar-refractivity contribution in [2.24, 2.45) is 0 Å². The maximum absolute atomic E-state index is 13.6. The fraction of sp³-hybridized carbons (Fsp3) is 0.391. The third-order valence-electron chi connectivity index (χ3n) is 6.16. The SMILES string of the molecule is CSc1ncc2c(n1)N1CCC[C@H]1CN(c1cccc(-c3nn(CCNC(C)=O)c(=O)o3)c1)C2=O. The van der Waals surface area contributed by atoms with Crippen molar-refractivity contribution in [3.8, 4) is 11.5 Å². The second kappa shape index (κ2) is 9.53. The Morgan fingerprint density at radius 3 is 2.97 bits per heavy atom. The fourth-order valence-electron chi connectivity index (χ4n) is 4.50. The number of hydrogen-bond acceptors (Lipinski definition) is 9. The minimum absolute atomic E-state index is 0.151. The first-order chi connectivity index (χ1) is 16.9. The van der Waals surface area contributed by atoms with Crippen LogP contribution in [0.3, 0.4) is 0 Å². The van der Waals surface area contributed by atoms with Gasteiger partial charge in [-0.25, -0.2) is 14.8 Å². The molecular weight excluding hydrogens is 470 g/mol. The van der Waals surface area contributed by atoms with Gasteiger partial charge < -0.3 is 19.5 Å². The summed E-state index contributed by atoms with van der Waals surface area (Å²) in [6.07, 6.45) is 5.53. The van der Waals surface area contributed by atoms with E-state index < -0.39 is 5.76 Å². The molecule has 2 aliphatic rings. The van der Waals surface area contributed by atoms with Gasteiger partial charge in [-0.1, -0.05) is 17.8 Å². The van der Waals surface area contributed by atoms with Crippen molar-refractivity contribution >= 4 is 35.1 Å². The molecule has 0 aliphatic carbocycles. The van der Waals surface area contributed by atoms with Crippen LogP contribution in [-0.4, -0.2) is 63.5 Å². The van der Waals surface area contributed by atoms with Crippen molar-refractivity contribution in [2.45, 2.75) is 37.5 Å². The molecule has 0 spiro atoms. The van der Waals surface area contributed by atoms with Gasteiger partial charge >= 0.3 is 5.76 Å². The number of nitrogens with zero attached hydrogens (tertiary/aromatic N) is 6. The Kier molecular flexibility index (Phi) is 6.29. The minimum atomic E-state index is -0.612. The van der Waals surface area contributed by atoms with Gasteiger partial charge in [0, 0.05) is 50.0 Å². The molecule has 2 amide bonds. The lowest BCUT2D eigenvalue weighted by molar-refractivity contribution is -0.119. The van der Waals surface area contributed by atoms with Gasteiger partial charge in [-0.2, -0.15) is 4.68 Å². The van der Waals surface area contributed by atoms with Gasteiger partial charge in [0.05, 0.1) is 6.54 Å². The number of thioether (sulfide) groups is 1. The first-order valence-electron chi connectivity index (χ1n) is 11.4. The molecule has 1 N–H and O–H groups in total. The minimum Gasteiger partial charge on any atom is -0.388 e. The first-order valence-corrected chi connectivity index (χ1v) is 12.6. The van der Waals surface area contributed by atoms with Crippen LogP contribution in [0.2, 0.25) is 0 Å². The monoisotopic (exact) mass is 495 g/mol. The lowest BCUT2D eigenvalue weighted by Gasteiger charge is -2.27. The maximum atomic E-state index is 13.6. The molecule has 182 valence electrons. The number of aromatic nitrogens is 4. The molecule has 1 fully saturated rings. The van der Waals surface area contributed by atoms with E-state index in [9.17, 15) is 14.4 Å². The molecule has 1 atom stereocenters. The lowest BCUT2D eigenvalue weighted by atomic mass is 10.1. The van der Waals surface area contributed by atoms with E-state index in [1.54, 1.807) is 29.3 Å². The normalized spacial score (nSPS) is 17.2. The summed E-state index contributed by atoms with van der Waals surface area (Å²) in [6.45, 7) is 3.23. The molecular formula is C23H25N7O4S. The number of anilines is 2. The Bertz CT molecular complexity index is 1340. The third kappa shape index (κ3) is 4.53. The fourth-order valence-corrected chi connectivity index (χ4v) is 4.84. The van der Waals surface area contributed by atoms with Crippen LogP contribution in [0.25, 0.3) is 11.5 Å². The molecule has 0 bridgehead atoms. The van der Waals surface area contributed by atoms with E-state index in [2.05, 4.69) is 25.3 Å². The highest BCUT2D eigenvalue weighted by Crippen LogP contribution is 2.35. The summed E-state index contributed by atoms with van der Waals surface area (Å²) >= 11 is 1.45. The molecule has 0 radical (unpaired) electrons. The van der Waals surface area contributed by atoms with Crippen molar-refractivity contribution in [3.05, 3.63) is 46.6 Å². The molecule has 4 heterocycles. The van der Waals surface area contributed by atoms with Crippen molar-refractivity contribution in [2.75, 3.05) is 35.7 Å². The standard InChI is InChI=1S/C23H25N7O4S/c1-14(31)24-8-10-30-23(33)34-20(27-30)15-5-3-6-16(11-15)29-13-17-7-4-9-28(17)19-18(21(29)32)12-25-22(26-19)35-2/h3,5-6,11-12,17H,4,7-10,13H2,1-2H3,(H,24,31)/t17-/m0/s1. The van der Waals surface area contributed by atoms with Crippen LogP contribution in [0.1, 0.15) is 30.1 Å². The second-order valence-corrected chi connectivity index (χ2v) is 9.20. The Hall–Kier alpha value is -3.67. The predicted octanol–water partition coefficient (Wildman–Crippen LogP) is 1.78. The predicted molar refractivity (Wildman–Crippen MR) is 131 cm³/mol. The quantitative estimate of drug-likeness (QED) is 0.402. The Morgan fingerprint density at radius 2 is 2.17 bits per heavy atom. The molecule has 1 saturated heterocycles. The average Bonchev–Trinajstić information content (AvgIpc) is 3.45. The zero-order valence-electron chi connectivity index (χ0n) is 19.4. The van der Waals surface area contributed by atoms with Crippen LogP contribution < -0.4 is 20.9 Å². The Labute approximate surface area is 205 Å². The topological polar surface area (TPSA) is 126 Å². The molecule has 0 unspecified atom stereocenters. The van der Waals surface area contributed by atoms with Gasteiger partial charge in [0.25, 0.3) is 5.91 Å². The number of rotatable bonds is 6. The summed E-state index contributed by atoms with van der Waals surface area (Å²) in [5.41, 5.74) is 1.73. The lowest BCUT2D eigenvalue weighted by Crippen LogP contribution is -2.39. The maximum Gasteiger partial charge on any atom is 0.437 e. The van der Waals surface area contributed by atoms with Gasteiger partial charge in [0.15, 0.2) is 5.16 Å². The molecule has 1 aromatic carbocycles. The molecule has 12 heteroatoms. The summed E-state index contributed by atoms with van der Waals surface area (Å²) in [6, 6.07) is 7.38. The van der Waals surface area contributed by atoms with Crippen LogP contribution in [0.4, 0.5) is 11.5 Å². The molecule has 2 aliphatic heterocycles. The van der Waals surface area contributed by atoms with E-state index >= 15 is 0 Å². The van der Waals surface area contributed by atoms with Crippen LogP contribution in [-0.2, 0) is 11.3 Å². The second-order valence-electron chi connectivity index (χ2n) is 8.43.